The minimum atomic E-state index is -0.390. The summed E-state index contributed by atoms with van der Waals surface area (Å²) in [6.07, 6.45) is 0.524. The first-order valence-corrected chi connectivity index (χ1v) is 10.2. The number of carbonyl (C=O) groups is 1. The Bertz CT molecular complexity index is 1180. The fraction of sp³-hybridized carbons (Fsp3) is 0.120. The molecule has 1 unspecified atom stereocenters. The number of nitrogens with zero attached hydrogens (tertiary/aromatic N) is 1. The molecule has 1 atom stereocenters. The fourth-order valence-electron chi connectivity index (χ4n) is 4.02. The second-order valence-corrected chi connectivity index (χ2v) is 7.73. The Morgan fingerprint density at radius 1 is 0.871 bits per heavy atom. The van der Waals surface area contributed by atoms with Crippen molar-refractivity contribution in [3.05, 3.63) is 101 Å². The first-order chi connectivity index (χ1) is 15.1. The summed E-state index contributed by atoms with van der Waals surface area (Å²) in [6, 6.07) is 23.4. The molecular weight excluding hydrogens is 390 g/mol. The predicted molar refractivity (Wildman–Crippen MR) is 117 cm³/mol. The highest BCUT2D eigenvalue weighted by Crippen LogP contribution is 2.25. The summed E-state index contributed by atoms with van der Waals surface area (Å²) in [6.45, 7) is 0.411. The largest absolute Gasteiger partial charge is 0.508 e. The molecule has 154 valence electrons. The Hall–Kier alpha value is -4.06. The number of rotatable bonds is 4. The van der Waals surface area contributed by atoms with E-state index in [0.717, 1.165) is 33.9 Å². The molecule has 0 bridgehead atoms. The maximum atomic E-state index is 13.3. The standard InChI is InChI=1S/C25H21N3O3/c29-19-10-6-16(7-11-19)14-21-25(31)28-15-22(17-8-12-20(30)13-9-17)26-23(24(28)27-21)18-4-2-1-3-5-18/h1-13,21,27,29-30H,14-15H2/p+1. The van der Waals surface area contributed by atoms with Crippen molar-refractivity contribution >= 4 is 17.3 Å². The van der Waals surface area contributed by atoms with E-state index in [1.807, 2.05) is 54.6 Å². The topological polar surface area (TPSA) is 86.8 Å². The number of amides is 1. The first-order valence-electron chi connectivity index (χ1n) is 10.2. The third kappa shape index (κ3) is 3.64. The lowest BCUT2D eigenvalue weighted by Gasteiger charge is -2.20. The van der Waals surface area contributed by atoms with Gasteiger partial charge in [0.2, 0.25) is 5.71 Å². The van der Waals surface area contributed by atoms with E-state index < -0.39 is 0 Å². The number of nitrogens with one attached hydrogen (secondary N) is 2. The van der Waals surface area contributed by atoms with Crippen molar-refractivity contribution in [2.24, 2.45) is 0 Å². The van der Waals surface area contributed by atoms with Crippen molar-refractivity contribution in [1.29, 1.82) is 0 Å². The highest BCUT2D eigenvalue weighted by molar-refractivity contribution is 6.03. The molecule has 6 nitrogen and oxygen atoms in total. The number of benzene rings is 3. The van der Waals surface area contributed by atoms with E-state index in [1.54, 1.807) is 29.2 Å². The van der Waals surface area contributed by atoms with Gasteiger partial charge in [-0.1, -0.05) is 30.3 Å². The van der Waals surface area contributed by atoms with Gasteiger partial charge in [0, 0.05) is 12.0 Å². The molecule has 1 fully saturated rings. The number of aromatic hydroxyl groups is 2. The summed E-state index contributed by atoms with van der Waals surface area (Å²) in [5.74, 6) is 1.18. The van der Waals surface area contributed by atoms with Crippen molar-refractivity contribution in [2.75, 3.05) is 6.54 Å². The van der Waals surface area contributed by atoms with Crippen LogP contribution >= 0.6 is 0 Å². The number of fused-ring (bicyclic) bond motifs is 1. The Kier molecular flexibility index (Phi) is 4.67. The number of phenols is 2. The molecule has 1 amide bonds. The van der Waals surface area contributed by atoms with Gasteiger partial charge in [-0.25, -0.2) is 4.99 Å². The van der Waals surface area contributed by atoms with Crippen molar-refractivity contribution in [2.45, 2.75) is 12.5 Å². The summed E-state index contributed by atoms with van der Waals surface area (Å²) < 4.78 is 0. The predicted octanol–water partition coefficient (Wildman–Crippen LogP) is 1.35. The van der Waals surface area contributed by atoms with Crippen molar-refractivity contribution in [1.82, 2.24) is 10.2 Å². The SMILES string of the molecule is O=C1C(Cc2ccc(O)cc2)NC2=C(c3ccccc3)[NH+]=C(c3ccc(O)cc3)CN12. The third-order valence-corrected chi connectivity index (χ3v) is 5.63. The van der Waals surface area contributed by atoms with Crippen LogP contribution in [0.5, 0.6) is 11.5 Å². The van der Waals surface area contributed by atoms with E-state index in [2.05, 4.69) is 10.3 Å². The maximum absolute atomic E-state index is 13.3. The van der Waals surface area contributed by atoms with Gasteiger partial charge in [-0.15, -0.1) is 0 Å². The highest BCUT2D eigenvalue weighted by Gasteiger charge is 2.43. The molecule has 2 heterocycles. The van der Waals surface area contributed by atoms with E-state index >= 15 is 0 Å². The van der Waals surface area contributed by atoms with E-state index in [0.29, 0.717) is 13.0 Å². The van der Waals surface area contributed by atoms with Crippen LogP contribution in [-0.2, 0) is 11.2 Å². The Balaban J connectivity index is 1.52. The van der Waals surface area contributed by atoms with Crippen LogP contribution in [0.15, 0.2) is 84.7 Å². The van der Waals surface area contributed by atoms with Crippen LogP contribution in [0.2, 0.25) is 0 Å². The Morgan fingerprint density at radius 2 is 1.52 bits per heavy atom. The molecule has 0 aliphatic carbocycles. The first kappa shape index (κ1) is 18.9. The van der Waals surface area contributed by atoms with Gasteiger partial charge in [-0.2, -0.15) is 0 Å². The minimum Gasteiger partial charge on any atom is -0.508 e. The van der Waals surface area contributed by atoms with E-state index in [1.165, 1.54) is 0 Å². The second-order valence-electron chi connectivity index (χ2n) is 7.73. The number of hydrogen-bond acceptors (Lipinski definition) is 4. The van der Waals surface area contributed by atoms with Gasteiger partial charge in [-0.05, 0) is 54.1 Å². The smallest absolute Gasteiger partial charge is 0.252 e. The van der Waals surface area contributed by atoms with Crippen LogP contribution in [-0.4, -0.2) is 39.3 Å². The lowest BCUT2D eigenvalue weighted by molar-refractivity contribution is -0.349. The molecule has 0 aromatic heterocycles. The van der Waals surface area contributed by atoms with Gasteiger partial charge in [0.1, 0.15) is 24.1 Å². The Labute approximate surface area is 179 Å². The lowest BCUT2D eigenvalue weighted by atomic mass is 10.0. The monoisotopic (exact) mass is 412 g/mol. The van der Waals surface area contributed by atoms with Gasteiger partial charge < -0.3 is 15.5 Å². The molecule has 1 saturated heterocycles. The molecule has 5 rings (SSSR count). The summed E-state index contributed by atoms with van der Waals surface area (Å²) in [5, 5.41) is 22.6. The third-order valence-electron chi connectivity index (χ3n) is 5.63. The van der Waals surface area contributed by atoms with Crippen LogP contribution < -0.4 is 10.3 Å². The highest BCUT2D eigenvalue weighted by atomic mass is 16.3. The van der Waals surface area contributed by atoms with Crippen LogP contribution in [0.1, 0.15) is 16.7 Å². The average molecular weight is 412 g/mol. The van der Waals surface area contributed by atoms with Gasteiger partial charge >= 0.3 is 0 Å². The average Bonchev–Trinajstić information content (AvgIpc) is 3.11. The van der Waals surface area contributed by atoms with Crippen LogP contribution in [0, 0.1) is 0 Å². The molecule has 0 saturated carbocycles. The van der Waals surface area contributed by atoms with Crippen LogP contribution in [0.3, 0.4) is 0 Å². The van der Waals surface area contributed by atoms with Crippen LogP contribution in [0.25, 0.3) is 5.70 Å². The summed E-state index contributed by atoms with van der Waals surface area (Å²) >= 11 is 0. The molecule has 3 aromatic carbocycles. The molecule has 3 aromatic rings. The zero-order valence-electron chi connectivity index (χ0n) is 16.7. The normalized spacial score (nSPS) is 17.9. The summed E-state index contributed by atoms with van der Waals surface area (Å²) in [5.41, 5.74) is 4.60. The molecule has 31 heavy (non-hydrogen) atoms. The number of carbonyl (C=O) groups excluding carboxylic acids is 1. The maximum Gasteiger partial charge on any atom is 0.252 e. The van der Waals surface area contributed by atoms with Crippen molar-refractivity contribution < 1.29 is 20.0 Å². The van der Waals surface area contributed by atoms with E-state index in [-0.39, 0.29) is 23.4 Å². The summed E-state index contributed by atoms with van der Waals surface area (Å²) in [7, 11) is 0. The van der Waals surface area contributed by atoms with Crippen molar-refractivity contribution in [3.63, 3.8) is 0 Å². The minimum absolute atomic E-state index is 0.00860. The molecule has 0 radical (unpaired) electrons. The molecule has 4 N–H and O–H groups in total. The van der Waals surface area contributed by atoms with E-state index in [9.17, 15) is 15.0 Å². The van der Waals surface area contributed by atoms with Crippen molar-refractivity contribution in [3.8, 4) is 11.5 Å². The zero-order chi connectivity index (χ0) is 21.4. The van der Waals surface area contributed by atoms with Gasteiger partial charge in [0.15, 0.2) is 5.82 Å². The van der Waals surface area contributed by atoms with Gasteiger partial charge in [0.05, 0.1) is 5.56 Å². The second kappa shape index (κ2) is 7.65. The fourth-order valence-corrected chi connectivity index (χ4v) is 4.02. The quantitative estimate of drug-likeness (QED) is 0.521. The number of hydrogen-bond donors (Lipinski definition) is 4. The van der Waals surface area contributed by atoms with Gasteiger partial charge in [0.25, 0.3) is 11.6 Å². The van der Waals surface area contributed by atoms with Gasteiger partial charge in [-0.3, -0.25) is 9.69 Å². The van der Waals surface area contributed by atoms with Crippen LogP contribution in [0.4, 0.5) is 0 Å². The molecule has 0 spiro atoms. The number of phenolic OH excluding ortho intramolecular Hbond substituents is 2. The Morgan fingerprint density at radius 3 is 2.19 bits per heavy atom. The zero-order valence-corrected chi connectivity index (χ0v) is 16.7. The molecule has 6 heteroatoms. The molecule has 2 aliphatic heterocycles. The summed E-state index contributed by atoms with van der Waals surface area (Å²) in [4.78, 5) is 18.6. The molecule has 2 aliphatic rings. The molecular formula is C25H22N3O3+. The lowest BCUT2D eigenvalue weighted by Crippen LogP contribution is -2.75. The van der Waals surface area contributed by atoms with E-state index in [4.69, 9.17) is 0 Å².